The maximum Gasteiger partial charge on any atom is 0.322 e. The zero-order valence-corrected chi connectivity index (χ0v) is 16.0. The Morgan fingerprint density at radius 2 is 1.89 bits per heavy atom. The fourth-order valence-corrected chi connectivity index (χ4v) is 3.07. The second kappa shape index (κ2) is 8.41. The van der Waals surface area contributed by atoms with Crippen molar-refractivity contribution in [3.63, 3.8) is 0 Å². The van der Waals surface area contributed by atoms with Gasteiger partial charge in [0.1, 0.15) is 6.10 Å². The first kappa shape index (κ1) is 19.2. The summed E-state index contributed by atoms with van der Waals surface area (Å²) in [5, 5.41) is 6.32. The van der Waals surface area contributed by atoms with Gasteiger partial charge in [0.05, 0.1) is 13.2 Å². The van der Waals surface area contributed by atoms with Crippen molar-refractivity contribution in [1.29, 1.82) is 0 Å². The highest BCUT2D eigenvalue weighted by Crippen LogP contribution is 2.25. The lowest BCUT2D eigenvalue weighted by atomic mass is 10.1. The van der Waals surface area contributed by atoms with Crippen LogP contribution in [0.5, 0.6) is 0 Å². The van der Waals surface area contributed by atoms with Crippen LogP contribution >= 0.6 is 11.6 Å². The molecule has 7 heteroatoms. The van der Waals surface area contributed by atoms with E-state index < -0.39 is 0 Å². The van der Waals surface area contributed by atoms with Crippen LogP contribution in [0, 0.1) is 6.92 Å². The Kier molecular flexibility index (Phi) is 5.98. The number of ether oxygens (including phenoxy) is 1. The minimum Gasteiger partial charge on any atom is -0.370 e. The second-order valence-electron chi connectivity index (χ2n) is 6.50. The molecule has 27 heavy (non-hydrogen) atoms. The molecule has 2 aromatic carbocycles. The molecule has 2 N–H and O–H groups in total. The minimum atomic E-state index is -0.194. The molecule has 142 valence electrons. The summed E-state index contributed by atoms with van der Waals surface area (Å²) in [4.78, 5) is 25.7. The van der Waals surface area contributed by atoms with Crippen LogP contribution in [0.4, 0.5) is 16.2 Å². The van der Waals surface area contributed by atoms with E-state index in [2.05, 4.69) is 10.6 Å². The number of rotatable bonds is 3. The van der Waals surface area contributed by atoms with E-state index in [1.165, 1.54) is 6.92 Å². The van der Waals surface area contributed by atoms with Crippen LogP contribution < -0.4 is 10.6 Å². The van der Waals surface area contributed by atoms with E-state index in [9.17, 15) is 9.59 Å². The molecule has 1 fully saturated rings. The smallest absolute Gasteiger partial charge is 0.322 e. The van der Waals surface area contributed by atoms with Gasteiger partial charge in [-0.2, -0.15) is 0 Å². The molecule has 0 aromatic heterocycles. The Morgan fingerprint density at radius 1 is 1.15 bits per heavy atom. The lowest BCUT2D eigenvalue weighted by molar-refractivity contribution is -0.114. The van der Waals surface area contributed by atoms with Crippen LogP contribution in [0.3, 0.4) is 0 Å². The first-order valence-electron chi connectivity index (χ1n) is 8.73. The monoisotopic (exact) mass is 387 g/mol. The lowest BCUT2D eigenvalue weighted by Crippen LogP contribution is -2.44. The molecular formula is C20H22ClN3O3. The Morgan fingerprint density at radius 3 is 2.59 bits per heavy atom. The normalized spacial score (nSPS) is 16.7. The molecule has 6 nitrogen and oxygen atoms in total. The highest BCUT2D eigenvalue weighted by molar-refractivity contribution is 6.30. The van der Waals surface area contributed by atoms with Crippen LogP contribution in [0.2, 0.25) is 5.02 Å². The molecule has 3 rings (SSSR count). The highest BCUT2D eigenvalue weighted by atomic mass is 35.5. The average Bonchev–Trinajstić information content (AvgIpc) is 2.65. The predicted octanol–water partition coefficient (Wildman–Crippen LogP) is 4.21. The number of hydrogen-bond donors (Lipinski definition) is 2. The molecule has 1 unspecified atom stereocenters. The van der Waals surface area contributed by atoms with Gasteiger partial charge in [-0.15, -0.1) is 0 Å². The molecule has 1 aliphatic heterocycles. The molecule has 0 radical (unpaired) electrons. The second-order valence-corrected chi connectivity index (χ2v) is 6.93. The number of halogens is 1. The van der Waals surface area contributed by atoms with E-state index in [4.69, 9.17) is 16.3 Å². The molecule has 1 aliphatic rings. The van der Waals surface area contributed by atoms with E-state index in [0.29, 0.717) is 36.1 Å². The van der Waals surface area contributed by atoms with Crippen molar-refractivity contribution < 1.29 is 14.3 Å². The topological polar surface area (TPSA) is 70.7 Å². The number of urea groups is 1. The van der Waals surface area contributed by atoms with Crippen molar-refractivity contribution in [2.24, 2.45) is 0 Å². The van der Waals surface area contributed by atoms with Gasteiger partial charge in [-0.1, -0.05) is 29.8 Å². The summed E-state index contributed by atoms with van der Waals surface area (Å²) in [6, 6.07) is 12.7. The lowest BCUT2D eigenvalue weighted by Gasteiger charge is -2.33. The van der Waals surface area contributed by atoms with E-state index in [1.807, 2.05) is 37.3 Å². The standard InChI is InChI=1S/C20H22ClN3O3/c1-13-3-8-17(22-14(2)25)11-18(13)23-20(26)24-9-10-27-19(12-24)15-4-6-16(21)7-5-15/h3-8,11,19H,9-10,12H2,1-2H3,(H,22,25)(H,23,26). The number of amides is 3. The largest absolute Gasteiger partial charge is 0.370 e. The molecule has 1 atom stereocenters. The number of morpholine rings is 1. The fraction of sp³-hybridized carbons (Fsp3) is 0.300. The summed E-state index contributed by atoms with van der Waals surface area (Å²) in [6.07, 6.45) is -0.187. The number of nitrogens with one attached hydrogen (secondary N) is 2. The zero-order valence-electron chi connectivity index (χ0n) is 15.3. The third-order valence-corrected chi connectivity index (χ3v) is 4.65. The molecule has 0 bridgehead atoms. The fourth-order valence-electron chi connectivity index (χ4n) is 2.94. The van der Waals surface area contributed by atoms with Crippen LogP contribution in [-0.4, -0.2) is 36.5 Å². The maximum atomic E-state index is 12.7. The Hall–Kier alpha value is -2.57. The van der Waals surface area contributed by atoms with Gasteiger partial charge in [0.15, 0.2) is 0 Å². The predicted molar refractivity (Wildman–Crippen MR) is 106 cm³/mol. The van der Waals surface area contributed by atoms with Gasteiger partial charge in [0, 0.05) is 29.9 Å². The van der Waals surface area contributed by atoms with Gasteiger partial charge in [0.25, 0.3) is 0 Å². The number of hydrogen-bond acceptors (Lipinski definition) is 3. The molecule has 1 saturated heterocycles. The van der Waals surface area contributed by atoms with Gasteiger partial charge >= 0.3 is 6.03 Å². The van der Waals surface area contributed by atoms with Crippen molar-refractivity contribution in [1.82, 2.24) is 4.90 Å². The quantitative estimate of drug-likeness (QED) is 0.828. The summed E-state index contributed by atoms with van der Waals surface area (Å²) in [5.41, 5.74) is 3.21. The van der Waals surface area contributed by atoms with Crippen molar-refractivity contribution in [3.05, 3.63) is 58.6 Å². The van der Waals surface area contributed by atoms with Gasteiger partial charge in [-0.25, -0.2) is 4.79 Å². The maximum absolute atomic E-state index is 12.7. The SMILES string of the molecule is CC(=O)Nc1ccc(C)c(NC(=O)N2CCOC(c3ccc(Cl)cc3)C2)c1. The van der Waals surface area contributed by atoms with E-state index >= 15 is 0 Å². The zero-order chi connectivity index (χ0) is 19.4. The van der Waals surface area contributed by atoms with Crippen LogP contribution in [0.25, 0.3) is 0 Å². The van der Waals surface area contributed by atoms with Crippen LogP contribution in [0.1, 0.15) is 24.2 Å². The third kappa shape index (κ3) is 4.99. The number of benzene rings is 2. The average molecular weight is 388 g/mol. The molecule has 3 amide bonds. The first-order valence-corrected chi connectivity index (χ1v) is 9.11. The van der Waals surface area contributed by atoms with Gasteiger partial charge < -0.3 is 20.3 Å². The molecule has 0 saturated carbocycles. The minimum absolute atomic E-state index is 0.157. The third-order valence-electron chi connectivity index (χ3n) is 4.39. The molecule has 0 aliphatic carbocycles. The number of nitrogens with zero attached hydrogens (tertiary/aromatic N) is 1. The van der Waals surface area contributed by atoms with E-state index in [0.717, 1.165) is 11.1 Å². The van der Waals surface area contributed by atoms with Crippen molar-refractivity contribution in [2.45, 2.75) is 20.0 Å². The van der Waals surface area contributed by atoms with Crippen molar-refractivity contribution in [3.8, 4) is 0 Å². The van der Waals surface area contributed by atoms with Gasteiger partial charge in [0.2, 0.25) is 5.91 Å². The Balaban J connectivity index is 1.68. The van der Waals surface area contributed by atoms with Gasteiger partial charge in [-0.05, 0) is 42.3 Å². The Bertz CT molecular complexity index is 839. The number of carbonyl (C=O) groups is 2. The number of carbonyl (C=O) groups excluding carboxylic acids is 2. The van der Waals surface area contributed by atoms with E-state index in [1.54, 1.807) is 17.0 Å². The van der Waals surface area contributed by atoms with Crippen LogP contribution in [-0.2, 0) is 9.53 Å². The summed E-state index contributed by atoms with van der Waals surface area (Å²) < 4.78 is 5.81. The van der Waals surface area contributed by atoms with Crippen LogP contribution in [0.15, 0.2) is 42.5 Å². The first-order chi connectivity index (χ1) is 12.9. The van der Waals surface area contributed by atoms with Gasteiger partial charge in [-0.3, -0.25) is 4.79 Å². The van der Waals surface area contributed by atoms with Crippen molar-refractivity contribution >= 4 is 34.9 Å². The number of aryl methyl sites for hydroxylation is 1. The summed E-state index contributed by atoms with van der Waals surface area (Å²) in [6.45, 7) is 4.79. The molecular weight excluding hydrogens is 366 g/mol. The molecule has 1 heterocycles. The van der Waals surface area contributed by atoms with Crippen molar-refractivity contribution in [2.75, 3.05) is 30.3 Å². The summed E-state index contributed by atoms with van der Waals surface area (Å²) in [5.74, 6) is -0.157. The highest BCUT2D eigenvalue weighted by Gasteiger charge is 2.25. The molecule has 2 aromatic rings. The summed E-state index contributed by atoms with van der Waals surface area (Å²) >= 11 is 5.94. The number of anilines is 2. The Labute approximate surface area is 163 Å². The summed E-state index contributed by atoms with van der Waals surface area (Å²) in [7, 11) is 0. The molecule has 0 spiro atoms. The van der Waals surface area contributed by atoms with E-state index in [-0.39, 0.29) is 18.0 Å².